The molecule has 0 saturated carbocycles. The van der Waals surface area contributed by atoms with E-state index in [1.807, 2.05) is 6.92 Å². The first kappa shape index (κ1) is 10.9. The average Bonchev–Trinajstić information content (AvgIpc) is 2.59. The van der Waals surface area contributed by atoms with Gasteiger partial charge in [-0.2, -0.15) is 5.10 Å². The van der Waals surface area contributed by atoms with Crippen LogP contribution in [0.15, 0.2) is 23.1 Å². The van der Waals surface area contributed by atoms with Crippen LogP contribution in [0.25, 0.3) is 0 Å². The number of aryl methyl sites for hydroxylation is 2. The van der Waals surface area contributed by atoms with Gasteiger partial charge in [0.2, 0.25) is 5.78 Å². The lowest BCUT2D eigenvalue weighted by Crippen LogP contribution is -2.11. The van der Waals surface area contributed by atoms with Gasteiger partial charge in [-0.05, 0) is 22.9 Å². The molecule has 5 nitrogen and oxygen atoms in total. The summed E-state index contributed by atoms with van der Waals surface area (Å²) in [6.07, 6.45) is 4.61. The minimum atomic E-state index is -0.195. The van der Waals surface area contributed by atoms with Crippen molar-refractivity contribution in [2.75, 3.05) is 0 Å². The summed E-state index contributed by atoms with van der Waals surface area (Å²) in [7, 11) is 1.71. The summed E-state index contributed by atoms with van der Waals surface area (Å²) in [6.45, 7) is 1.82. The molecule has 0 fully saturated rings. The highest BCUT2D eigenvalue weighted by molar-refractivity contribution is 9.10. The van der Waals surface area contributed by atoms with E-state index in [4.69, 9.17) is 0 Å². The van der Waals surface area contributed by atoms with Crippen molar-refractivity contribution < 1.29 is 4.79 Å². The predicted octanol–water partition coefficient (Wildman–Crippen LogP) is 1.51. The fourth-order valence-corrected chi connectivity index (χ4v) is 1.83. The summed E-state index contributed by atoms with van der Waals surface area (Å²) < 4.78 is 2.16. The zero-order valence-corrected chi connectivity index (χ0v) is 10.4. The van der Waals surface area contributed by atoms with Gasteiger partial charge in [0, 0.05) is 13.2 Å². The number of ketones is 1. The van der Waals surface area contributed by atoms with Gasteiger partial charge in [-0.1, -0.05) is 0 Å². The van der Waals surface area contributed by atoms with Gasteiger partial charge in [-0.15, -0.1) is 0 Å². The largest absolute Gasteiger partial charge is 0.285 e. The molecule has 0 N–H and O–H groups in total. The van der Waals surface area contributed by atoms with Crippen molar-refractivity contribution in [1.82, 2.24) is 19.7 Å². The SMILES string of the molecule is Cc1cnc(C(=O)c2c(Br)cnn2C)cn1. The Morgan fingerprint density at radius 1 is 1.31 bits per heavy atom. The number of carbonyl (C=O) groups excluding carboxylic acids is 1. The van der Waals surface area contributed by atoms with Gasteiger partial charge in [0.1, 0.15) is 11.4 Å². The van der Waals surface area contributed by atoms with Gasteiger partial charge in [-0.25, -0.2) is 4.98 Å². The smallest absolute Gasteiger partial charge is 0.232 e. The molecular weight excluding hydrogens is 272 g/mol. The maximum Gasteiger partial charge on any atom is 0.232 e. The minimum Gasteiger partial charge on any atom is -0.285 e. The Morgan fingerprint density at radius 3 is 2.56 bits per heavy atom. The predicted molar refractivity (Wildman–Crippen MR) is 61.1 cm³/mol. The fraction of sp³-hybridized carbons (Fsp3) is 0.200. The molecule has 0 aliphatic heterocycles. The van der Waals surface area contributed by atoms with Gasteiger partial charge in [-0.3, -0.25) is 14.5 Å². The highest BCUT2D eigenvalue weighted by Crippen LogP contribution is 2.17. The van der Waals surface area contributed by atoms with Crippen LogP contribution in [0, 0.1) is 6.92 Å². The van der Waals surface area contributed by atoms with Crippen LogP contribution < -0.4 is 0 Å². The zero-order valence-electron chi connectivity index (χ0n) is 8.81. The molecule has 6 heteroatoms. The Labute approximate surface area is 101 Å². The summed E-state index contributed by atoms with van der Waals surface area (Å²) in [5.74, 6) is -0.195. The number of rotatable bonds is 2. The molecule has 0 atom stereocenters. The second kappa shape index (κ2) is 4.13. The van der Waals surface area contributed by atoms with E-state index in [2.05, 4.69) is 31.0 Å². The minimum absolute atomic E-state index is 0.195. The molecule has 0 aliphatic rings. The summed E-state index contributed by atoms with van der Waals surface area (Å²) in [6, 6.07) is 0. The number of nitrogens with zero attached hydrogens (tertiary/aromatic N) is 4. The molecule has 0 amide bonds. The zero-order chi connectivity index (χ0) is 11.7. The van der Waals surface area contributed by atoms with Gasteiger partial charge in [0.25, 0.3) is 0 Å². The number of hydrogen-bond acceptors (Lipinski definition) is 4. The molecule has 16 heavy (non-hydrogen) atoms. The van der Waals surface area contributed by atoms with E-state index in [-0.39, 0.29) is 5.78 Å². The van der Waals surface area contributed by atoms with Gasteiger partial charge in [0.15, 0.2) is 0 Å². The number of halogens is 1. The third-order valence-corrected chi connectivity index (χ3v) is 2.70. The first-order chi connectivity index (χ1) is 7.59. The van der Waals surface area contributed by atoms with Crippen LogP contribution in [-0.2, 0) is 7.05 Å². The van der Waals surface area contributed by atoms with Crippen LogP contribution in [0.4, 0.5) is 0 Å². The van der Waals surface area contributed by atoms with E-state index < -0.39 is 0 Å². The van der Waals surface area contributed by atoms with E-state index in [0.717, 1.165) is 5.69 Å². The van der Waals surface area contributed by atoms with Crippen LogP contribution in [0.1, 0.15) is 21.9 Å². The summed E-state index contributed by atoms with van der Waals surface area (Å²) in [5, 5.41) is 3.98. The van der Waals surface area contributed by atoms with Crippen molar-refractivity contribution >= 4 is 21.7 Å². The Bertz CT molecular complexity index is 513. The second-order valence-electron chi connectivity index (χ2n) is 3.34. The average molecular weight is 281 g/mol. The van der Waals surface area contributed by atoms with Crippen molar-refractivity contribution in [2.24, 2.45) is 7.05 Å². The molecule has 0 aromatic carbocycles. The lowest BCUT2D eigenvalue weighted by Gasteiger charge is -2.01. The molecule has 0 unspecified atom stereocenters. The fourth-order valence-electron chi connectivity index (χ4n) is 1.30. The highest BCUT2D eigenvalue weighted by Gasteiger charge is 2.18. The standard InChI is InChI=1S/C10H9BrN4O/c1-6-3-13-8(5-12-6)10(16)9-7(11)4-14-15(9)2/h3-5H,1-2H3. The Morgan fingerprint density at radius 2 is 2.06 bits per heavy atom. The molecule has 2 heterocycles. The van der Waals surface area contributed by atoms with E-state index in [1.54, 1.807) is 19.4 Å². The van der Waals surface area contributed by atoms with E-state index in [0.29, 0.717) is 15.9 Å². The van der Waals surface area contributed by atoms with Gasteiger partial charge < -0.3 is 0 Å². The molecule has 2 aromatic rings. The van der Waals surface area contributed by atoms with Crippen molar-refractivity contribution in [2.45, 2.75) is 6.92 Å². The lowest BCUT2D eigenvalue weighted by atomic mass is 10.2. The quantitative estimate of drug-likeness (QED) is 0.783. The Balaban J connectivity index is 2.43. The Hall–Kier alpha value is -1.56. The number of carbonyl (C=O) groups is 1. The van der Waals surface area contributed by atoms with E-state index in [9.17, 15) is 4.79 Å². The highest BCUT2D eigenvalue weighted by atomic mass is 79.9. The monoisotopic (exact) mass is 280 g/mol. The molecule has 82 valence electrons. The maximum absolute atomic E-state index is 12.1. The normalized spacial score (nSPS) is 10.4. The van der Waals surface area contributed by atoms with Crippen molar-refractivity contribution in [3.8, 4) is 0 Å². The molecule has 2 rings (SSSR count). The van der Waals surface area contributed by atoms with Crippen molar-refractivity contribution in [3.63, 3.8) is 0 Å². The topological polar surface area (TPSA) is 60.7 Å². The van der Waals surface area contributed by atoms with Gasteiger partial charge >= 0.3 is 0 Å². The molecular formula is C10H9BrN4O. The third kappa shape index (κ3) is 1.88. The molecule has 0 saturated heterocycles. The van der Waals surface area contributed by atoms with Crippen molar-refractivity contribution in [1.29, 1.82) is 0 Å². The summed E-state index contributed by atoms with van der Waals surface area (Å²) >= 11 is 3.28. The first-order valence-electron chi connectivity index (χ1n) is 4.60. The number of hydrogen-bond donors (Lipinski definition) is 0. The first-order valence-corrected chi connectivity index (χ1v) is 5.39. The van der Waals surface area contributed by atoms with Gasteiger partial charge in [0.05, 0.1) is 22.6 Å². The van der Waals surface area contributed by atoms with E-state index >= 15 is 0 Å². The summed E-state index contributed by atoms with van der Waals surface area (Å²) in [4.78, 5) is 20.2. The summed E-state index contributed by atoms with van der Waals surface area (Å²) in [5.41, 5.74) is 1.56. The lowest BCUT2D eigenvalue weighted by molar-refractivity contribution is 0.102. The third-order valence-electron chi connectivity index (χ3n) is 2.12. The molecule has 0 aliphatic carbocycles. The van der Waals surface area contributed by atoms with Crippen LogP contribution in [0.5, 0.6) is 0 Å². The molecule has 0 spiro atoms. The molecule has 2 aromatic heterocycles. The molecule has 0 radical (unpaired) electrons. The number of aromatic nitrogens is 4. The van der Waals surface area contributed by atoms with Crippen LogP contribution in [-0.4, -0.2) is 25.5 Å². The van der Waals surface area contributed by atoms with Crippen molar-refractivity contribution in [3.05, 3.63) is 40.1 Å². The molecule has 0 bridgehead atoms. The van der Waals surface area contributed by atoms with Crippen LogP contribution >= 0.6 is 15.9 Å². The Kier molecular flexibility index (Phi) is 2.82. The van der Waals surface area contributed by atoms with Crippen LogP contribution in [0.2, 0.25) is 0 Å². The van der Waals surface area contributed by atoms with E-state index in [1.165, 1.54) is 10.9 Å². The second-order valence-corrected chi connectivity index (χ2v) is 4.19. The van der Waals surface area contributed by atoms with Crippen LogP contribution in [0.3, 0.4) is 0 Å². The maximum atomic E-state index is 12.1.